The van der Waals surface area contributed by atoms with E-state index in [9.17, 15) is 4.79 Å². The van der Waals surface area contributed by atoms with Crippen LogP contribution in [0.5, 0.6) is 0 Å². The summed E-state index contributed by atoms with van der Waals surface area (Å²) in [5.41, 5.74) is 2.90. The molecule has 0 bridgehead atoms. The fourth-order valence-electron chi connectivity index (χ4n) is 2.70. The molecule has 1 aromatic rings. The van der Waals surface area contributed by atoms with Crippen molar-refractivity contribution in [1.29, 1.82) is 0 Å². The first-order valence-corrected chi connectivity index (χ1v) is 7.49. The third-order valence-corrected chi connectivity index (χ3v) is 3.89. The van der Waals surface area contributed by atoms with Crippen LogP contribution in [0.3, 0.4) is 0 Å². The molecule has 1 heterocycles. The molecule has 1 saturated heterocycles. The Morgan fingerprint density at radius 3 is 2.70 bits per heavy atom. The van der Waals surface area contributed by atoms with Crippen molar-refractivity contribution in [1.82, 2.24) is 10.2 Å². The molecule has 1 aliphatic rings. The lowest BCUT2D eigenvalue weighted by molar-refractivity contribution is 0.0952. The number of likely N-dealkylation sites (tertiary alicyclic amines) is 1. The van der Waals surface area contributed by atoms with Crippen molar-refractivity contribution >= 4 is 11.6 Å². The topological polar surface area (TPSA) is 44.4 Å². The molecule has 1 fully saturated rings. The van der Waals surface area contributed by atoms with Gasteiger partial charge in [0, 0.05) is 24.8 Å². The Kier molecular flexibility index (Phi) is 5.41. The molecule has 2 rings (SSSR count). The number of carbonyl (C=O) groups is 1. The minimum absolute atomic E-state index is 0.0252. The number of amides is 1. The number of hydrogen-bond acceptors (Lipinski definition) is 3. The van der Waals surface area contributed by atoms with Crippen LogP contribution in [-0.2, 0) is 0 Å². The number of aryl methyl sites for hydroxylation is 1. The van der Waals surface area contributed by atoms with Crippen molar-refractivity contribution in [2.75, 3.05) is 38.5 Å². The van der Waals surface area contributed by atoms with Crippen LogP contribution in [0, 0.1) is 6.92 Å². The van der Waals surface area contributed by atoms with Gasteiger partial charge in [-0.3, -0.25) is 4.79 Å². The van der Waals surface area contributed by atoms with Crippen LogP contribution >= 0.6 is 0 Å². The second-order valence-electron chi connectivity index (χ2n) is 5.44. The largest absolute Gasteiger partial charge is 0.388 e. The van der Waals surface area contributed by atoms with Gasteiger partial charge in [0.25, 0.3) is 5.91 Å². The Balaban J connectivity index is 1.75. The minimum atomic E-state index is 0.0252. The first-order chi connectivity index (χ1) is 9.70. The first-order valence-electron chi connectivity index (χ1n) is 7.49. The van der Waals surface area contributed by atoms with Gasteiger partial charge in [0.1, 0.15) is 0 Å². The Bertz CT molecular complexity index is 453. The lowest BCUT2D eigenvalue weighted by atomic mass is 10.1. The highest BCUT2D eigenvalue weighted by Gasteiger charge is 2.11. The fourth-order valence-corrected chi connectivity index (χ4v) is 2.70. The maximum absolute atomic E-state index is 12.0. The molecule has 1 amide bonds. The van der Waals surface area contributed by atoms with Gasteiger partial charge in [0.2, 0.25) is 0 Å². The molecule has 110 valence electrons. The second kappa shape index (κ2) is 7.29. The summed E-state index contributed by atoms with van der Waals surface area (Å²) in [6, 6.07) is 5.75. The average molecular weight is 275 g/mol. The van der Waals surface area contributed by atoms with Crippen molar-refractivity contribution in [3.05, 3.63) is 29.3 Å². The number of nitrogens with zero attached hydrogens (tertiary/aromatic N) is 1. The van der Waals surface area contributed by atoms with Gasteiger partial charge in [-0.05, 0) is 69.6 Å². The summed E-state index contributed by atoms with van der Waals surface area (Å²) >= 11 is 0. The maximum Gasteiger partial charge on any atom is 0.251 e. The molecule has 0 aliphatic carbocycles. The summed E-state index contributed by atoms with van der Waals surface area (Å²) in [6.45, 7) is 6.30. The van der Waals surface area contributed by atoms with E-state index in [0.29, 0.717) is 0 Å². The molecule has 0 radical (unpaired) electrons. The maximum atomic E-state index is 12.0. The fraction of sp³-hybridized carbons (Fsp3) is 0.562. The number of carbonyl (C=O) groups excluding carboxylic acids is 1. The summed E-state index contributed by atoms with van der Waals surface area (Å²) in [7, 11) is 1.89. The Labute approximate surface area is 121 Å². The number of anilines is 1. The third-order valence-electron chi connectivity index (χ3n) is 3.89. The lowest BCUT2D eigenvalue weighted by Gasteiger charge is -2.14. The van der Waals surface area contributed by atoms with Crippen molar-refractivity contribution in [2.45, 2.75) is 26.2 Å². The third kappa shape index (κ3) is 3.97. The number of hydrogen-bond donors (Lipinski definition) is 2. The highest BCUT2D eigenvalue weighted by molar-refractivity contribution is 5.94. The first kappa shape index (κ1) is 14.9. The Hall–Kier alpha value is -1.55. The Morgan fingerprint density at radius 2 is 2.05 bits per heavy atom. The quantitative estimate of drug-likeness (QED) is 0.783. The monoisotopic (exact) mass is 275 g/mol. The van der Waals surface area contributed by atoms with Gasteiger partial charge in [-0.15, -0.1) is 0 Å². The zero-order valence-electron chi connectivity index (χ0n) is 12.5. The van der Waals surface area contributed by atoms with E-state index in [0.717, 1.165) is 36.3 Å². The summed E-state index contributed by atoms with van der Waals surface area (Å²) in [6.07, 6.45) is 3.67. The van der Waals surface area contributed by atoms with Gasteiger partial charge >= 0.3 is 0 Å². The van der Waals surface area contributed by atoms with E-state index in [1.165, 1.54) is 25.9 Å². The van der Waals surface area contributed by atoms with Gasteiger partial charge in [-0.1, -0.05) is 0 Å². The highest BCUT2D eigenvalue weighted by Crippen LogP contribution is 2.15. The van der Waals surface area contributed by atoms with Crippen LogP contribution in [0.4, 0.5) is 5.69 Å². The molecule has 20 heavy (non-hydrogen) atoms. The van der Waals surface area contributed by atoms with Gasteiger partial charge < -0.3 is 15.5 Å². The molecular formula is C16H25N3O. The van der Waals surface area contributed by atoms with Crippen LogP contribution in [0.15, 0.2) is 18.2 Å². The van der Waals surface area contributed by atoms with E-state index in [1.54, 1.807) is 0 Å². The van der Waals surface area contributed by atoms with E-state index in [1.807, 2.05) is 32.2 Å². The summed E-state index contributed by atoms with van der Waals surface area (Å²) in [4.78, 5) is 14.5. The van der Waals surface area contributed by atoms with E-state index >= 15 is 0 Å². The zero-order valence-corrected chi connectivity index (χ0v) is 12.5. The smallest absolute Gasteiger partial charge is 0.251 e. The molecule has 4 heteroatoms. The van der Waals surface area contributed by atoms with Crippen molar-refractivity contribution < 1.29 is 4.79 Å². The molecular weight excluding hydrogens is 250 g/mol. The molecule has 0 atom stereocenters. The van der Waals surface area contributed by atoms with Crippen LogP contribution in [0.25, 0.3) is 0 Å². The van der Waals surface area contributed by atoms with Crippen molar-refractivity contribution in [2.24, 2.45) is 0 Å². The SMILES string of the molecule is CNc1ccc(C(=O)NCCCN2CCCC2)cc1C. The standard InChI is InChI=1S/C16H25N3O/c1-13-12-14(6-7-15(13)17-2)16(20)18-8-5-11-19-9-3-4-10-19/h6-7,12,17H,3-5,8-11H2,1-2H3,(H,18,20). The van der Waals surface area contributed by atoms with Gasteiger partial charge in [0.15, 0.2) is 0 Å². The minimum Gasteiger partial charge on any atom is -0.388 e. The van der Waals surface area contributed by atoms with Gasteiger partial charge in [-0.2, -0.15) is 0 Å². The zero-order chi connectivity index (χ0) is 14.4. The van der Waals surface area contributed by atoms with Crippen LogP contribution in [0.2, 0.25) is 0 Å². The lowest BCUT2D eigenvalue weighted by Crippen LogP contribution is -2.28. The molecule has 1 aromatic carbocycles. The Morgan fingerprint density at radius 1 is 1.30 bits per heavy atom. The average Bonchev–Trinajstić information content (AvgIpc) is 2.96. The van der Waals surface area contributed by atoms with E-state index in [2.05, 4.69) is 15.5 Å². The molecule has 0 spiro atoms. The normalized spacial score (nSPS) is 15.3. The van der Waals surface area contributed by atoms with E-state index in [-0.39, 0.29) is 5.91 Å². The second-order valence-corrected chi connectivity index (χ2v) is 5.44. The number of benzene rings is 1. The molecule has 4 nitrogen and oxygen atoms in total. The highest BCUT2D eigenvalue weighted by atomic mass is 16.1. The van der Waals surface area contributed by atoms with Crippen molar-refractivity contribution in [3.63, 3.8) is 0 Å². The summed E-state index contributed by atoms with van der Waals surface area (Å²) in [5.74, 6) is 0.0252. The van der Waals surface area contributed by atoms with Crippen LogP contribution in [0.1, 0.15) is 35.2 Å². The molecule has 2 N–H and O–H groups in total. The van der Waals surface area contributed by atoms with Crippen molar-refractivity contribution in [3.8, 4) is 0 Å². The molecule has 0 aromatic heterocycles. The number of nitrogens with one attached hydrogen (secondary N) is 2. The van der Waals surface area contributed by atoms with Gasteiger partial charge in [-0.25, -0.2) is 0 Å². The molecule has 0 unspecified atom stereocenters. The van der Waals surface area contributed by atoms with Gasteiger partial charge in [0.05, 0.1) is 0 Å². The summed E-state index contributed by atoms with van der Waals surface area (Å²) in [5, 5.41) is 6.11. The predicted octanol–water partition coefficient (Wildman–Crippen LogP) is 2.25. The van der Waals surface area contributed by atoms with Crippen LogP contribution < -0.4 is 10.6 Å². The summed E-state index contributed by atoms with van der Waals surface area (Å²) < 4.78 is 0. The predicted molar refractivity (Wildman–Crippen MR) is 83.3 cm³/mol. The molecule has 1 aliphatic heterocycles. The molecule has 0 saturated carbocycles. The number of rotatable bonds is 6. The van der Waals surface area contributed by atoms with Crippen LogP contribution in [-0.4, -0.2) is 44.0 Å². The van der Waals surface area contributed by atoms with E-state index < -0.39 is 0 Å². The van der Waals surface area contributed by atoms with E-state index in [4.69, 9.17) is 0 Å².